The average molecular weight is 394 g/mol. The molecule has 1 unspecified atom stereocenters. The molecule has 1 atom stereocenters. The Morgan fingerprint density at radius 2 is 1.76 bits per heavy atom. The number of aryl methyl sites for hydroxylation is 1. The van der Waals surface area contributed by atoms with Crippen LogP contribution in [-0.2, 0) is 11.8 Å². The molecule has 0 fully saturated rings. The number of hydrogen-bond acceptors (Lipinski definition) is 3. The summed E-state index contributed by atoms with van der Waals surface area (Å²) in [4.78, 5) is 1.62. The van der Waals surface area contributed by atoms with Crippen LogP contribution in [-0.4, -0.2) is 20.1 Å². The van der Waals surface area contributed by atoms with E-state index in [0.717, 1.165) is 35.9 Å². The van der Waals surface area contributed by atoms with E-state index in [2.05, 4.69) is 70.9 Å². The van der Waals surface area contributed by atoms with Crippen LogP contribution < -0.4 is 0 Å². The summed E-state index contributed by atoms with van der Waals surface area (Å²) in [7, 11) is 0. The highest BCUT2D eigenvalue weighted by molar-refractivity contribution is 5.75. The Labute approximate surface area is 175 Å². The first-order chi connectivity index (χ1) is 13.8. The third-order valence-electron chi connectivity index (χ3n) is 6.41. The molecular weight excluding hydrogens is 358 g/mol. The van der Waals surface area contributed by atoms with E-state index < -0.39 is 0 Å². The highest BCUT2D eigenvalue weighted by Gasteiger charge is 2.24. The van der Waals surface area contributed by atoms with Crippen LogP contribution >= 0.6 is 0 Å². The highest BCUT2D eigenvalue weighted by Crippen LogP contribution is 2.38. The number of fused-ring (bicyclic) bond motifs is 1. The first-order valence-electron chi connectivity index (χ1n) is 11.0. The molecule has 0 saturated heterocycles. The third kappa shape index (κ3) is 4.31. The molecule has 0 aliphatic rings. The van der Waals surface area contributed by atoms with E-state index in [0.29, 0.717) is 11.4 Å². The maximum atomic E-state index is 11.1. The standard InChI is InChI=1S/C25H35N3O/c1-7-10-11-18-12-13-21-22(14-18)27-28(26-21)23-16-19(25(5,6)9-3)15-20(24(23)29)17(4)8-2/h12-17,29H,7-11H2,1-6H3. The van der Waals surface area contributed by atoms with Crippen molar-refractivity contribution < 1.29 is 5.11 Å². The molecule has 0 radical (unpaired) electrons. The van der Waals surface area contributed by atoms with E-state index in [1.807, 2.05) is 6.07 Å². The maximum absolute atomic E-state index is 11.1. The molecule has 3 aromatic rings. The van der Waals surface area contributed by atoms with Crippen molar-refractivity contribution in [3.05, 3.63) is 47.0 Å². The first-order valence-corrected chi connectivity index (χ1v) is 11.0. The van der Waals surface area contributed by atoms with Crippen molar-refractivity contribution in [2.45, 2.75) is 85.0 Å². The Morgan fingerprint density at radius 1 is 1.03 bits per heavy atom. The quantitative estimate of drug-likeness (QED) is 0.465. The van der Waals surface area contributed by atoms with Gasteiger partial charge in [-0.1, -0.05) is 60.1 Å². The summed E-state index contributed by atoms with van der Waals surface area (Å²) in [5.74, 6) is 0.563. The summed E-state index contributed by atoms with van der Waals surface area (Å²) in [5.41, 5.74) is 5.91. The van der Waals surface area contributed by atoms with Gasteiger partial charge in [-0.3, -0.25) is 0 Å². The molecule has 0 aliphatic carbocycles. The molecule has 2 aromatic carbocycles. The number of benzene rings is 2. The van der Waals surface area contributed by atoms with Gasteiger partial charge < -0.3 is 5.11 Å². The van der Waals surface area contributed by atoms with Gasteiger partial charge in [0.25, 0.3) is 0 Å². The molecule has 0 saturated carbocycles. The van der Waals surface area contributed by atoms with Gasteiger partial charge in [-0.05, 0) is 71.9 Å². The van der Waals surface area contributed by atoms with Crippen LogP contribution in [0, 0.1) is 0 Å². The smallest absolute Gasteiger partial charge is 0.146 e. The number of nitrogens with zero attached hydrogens (tertiary/aromatic N) is 3. The van der Waals surface area contributed by atoms with Crippen molar-refractivity contribution in [1.29, 1.82) is 0 Å². The van der Waals surface area contributed by atoms with E-state index in [1.54, 1.807) is 4.80 Å². The van der Waals surface area contributed by atoms with Crippen molar-refractivity contribution in [3.63, 3.8) is 0 Å². The molecule has 156 valence electrons. The zero-order valence-electron chi connectivity index (χ0n) is 18.8. The molecule has 0 bridgehead atoms. The van der Waals surface area contributed by atoms with Crippen molar-refractivity contribution in [1.82, 2.24) is 15.0 Å². The molecule has 0 aliphatic heterocycles. The van der Waals surface area contributed by atoms with Crippen molar-refractivity contribution in [2.24, 2.45) is 0 Å². The van der Waals surface area contributed by atoms with Gasteiger partial charge in [0.2, 0.25) is 0 Å². The van der Waals surface area contributed by atoms with Crippen LogP contribution in [0.1, 0.15) is 89.8 Å². The first kappa shape index (κ1) is 21.4. The van der Waals surface area contributed by atoms with Crippen molar-refractivity contribution >= 4 is 11.0 Å². The van der Waals surface area contributed by atoms with Gasteiger partial charge in [0.15, 0.2) is 0 Å². The summed E-state index contributed by atoms with van der Waals surface area (Å²) in [6.07, 6.45) is 5.40. The van der Waals surface area contributed by atoms with E-state index >= 15 is 0 Å². The fourth-order valence-electron chi connectivity index (χ4n) is 3.59. The van der Waals surface area contributed by atoms with Gasteiger partial charge in [0.05, 0.1) is 0 Å². The van der Waals surface area contributed by atoms with Gasteiger partial charge in [0, 0.05) is 0 Å². The van der Waals surface area contributed by atoms with Crippen molar-refractivity contribution in [3.8, 4) is 11.4 Å². The van der Waals surface area contributed by atoms with Crippen LogP contribution in [0.4, 0.5) is 0 Å². The summed E-state index contributed by atoms with van der Waals surface area (Å²) in [6, 6.07) is 10.5. The Kier molecular flexibility index (Phi) is 6.30. The SMILES string of the molecule is CCCCc1ccc2nn(-c3cc(C(C)(C)CC)cc(C(C)CC)c3O)nc2c1. The van der Waals surface area contributed by atoms with Gasteiger partial charge in [-0.2, -0.15) is 0 Å². The molecule has 1 heterocycles. The second-order valence-corrected chi connectivity index (χ2v) is 8.90. The van der Waals surface area contributed by atoms with Crippen LogP contribution in [0.5, 0.6) is 5.75 Å². The maximum Gasteiger partial charge on any atom is 0.146 e. The Hall–Kier alpha value is -2.36. The minimum atomic E-state index is 0.0184. The molecule has 4 nitrogen and oxygen atoms in total. The molecule has 1 aromatic heterocycles. The van der Waals surface area contributed by atoms with Crippen LogP contribution in [0.15, 0.2) is 30.3 Å². The second kappa shape index (κ2) is 8.56. The number of aromatic nitrogens is 3. The predicted molar refractivity (Wildman–Crippen MR) is 121 cm³/mol. The molecular formula is C25H35N3O. The number of unbranched alkanes of at least 4 members (excludes halogenated alkanes) is 1. The third-order valence-corrected chi connectivity index (χ3v) is 6.41. The minimum absolute atomic E-state index is 0.0184. The van der Waals surface area contributed by atoms with Gasteiger partial charge >= 0.3 is 0 Å². The lowest BCUT2D eigenvalue weighted by atomic mass is 9.80. The fraction of sp³-hybridized carbons (Fsp3) is 0.520. The lowest BCUT2D eigenvalue weighted by molar-refractivity contribution is 0.450. The molecule has 0 amide bonds. The molecule has 29 heavy (non-hydrogen) atoms. The minimum Gasteiger partial charge on any atom is -0.505 e. The normalized spacial score (nSPS) is 13.2. The lowest BCUT2D eigenvalue weighted by Crippen LogP contribution is -2.17. The lowest BCUT2D eigenvalue weighted by Gasteiger charge is -2.26. The number of phenols is 1. The van der Waals surface area contributed by atoms with E-state index in [1.165, 1.54) is 24.0 Å². The average Bonchev–Trinajstić information content (AvgIpc) is 3.14. The molecule has 0 spiro atoms. The molecule has 4 heteroatoms. The number of hydrogen-bond donors (Lipinski definition) is 1. The van der Waals surface area contributed by atoms with E-state index in [4.69, 9.17) is 5.10 Å². The van der Waals surface area contributed by atoms with Crippen LogP contribution in [0.3, 0.4) is 0 Å². The topological polar surface area (TPSA) is 50.9 Å². The number of rotatable bonds is 8. The highest BCUT2D eigenvalue weighted by atomic mass is 16.3. The Balaban J connectivity index is 2.14. The summed E-state index contributed by atoms with van der Waals surface area (Å²) in [5, 5.41) is 20.5. The van der Waals surface area contributed by atoms with Crippen LogP contribution in [0.2, 0.25) is 0 Å². The zero-order valence-corrected chi connectivity index (χ0v) is 18.8. The summed E-state index contributed by atoms with van der Waals surface area (Å²) < 4.78 is 0. The largest absolute Gasteiger partial charge is 0.505 e. The zero-order chi connectivity index (χ0) is 21.2. The van der Waals surface area contributed by atoms with E-state index in [-0.39, 0.29) is 11.3 Å². The number of phenolic OH excluding ortho intramolecular Hbond substituents is 1. The van der Waals surface area contributed by atoms with Gasteiger partial charge in [0.1, 0.15) is 22.5 Å². The predicted octanol–water partition coefficient (Wildman–Crippen LogP) is 6.67. The number of aromatic hydroxyl groups is 1. The second-order valence-electron chi connectivity index (χ2n) is 8.90. The van der Waals surface area contributed by atoms with Crippen molar-refractivity contribution in [2.75, 3.05) is 0 Å². The van der Waals surface area contributed by atoms with E-state index in [9.17, 15) is 5.11 Å². The van der Waals surface area contributed by atoms with Crippen LogP contribution in [0.25, 0.3) is 16.7 Å². The molecule has 3 rings (SSSR count). The summed E-state index contributed by atoms with van der Waals surface area (Å²) >= 11 is 0. The van der Waals surface area contributed by atoms with Gasteiger partial charge in [-0.25, -0.2) is 0 Å². The Bertz CT molecular complexity index is 987. The monoisotopic (exact) mass is 393 g/mol. The summed E-state index contributed by atoms with van der Waals surface area (Å²) in [6.45, 7) is 13.2. The fourth-order valence-corrected chi connectivity index (χ4v) is 3.59. The molecule has 1 N–H and O–H groups in total. The Morgan fingerprint density at radius 3 is 2.41 bits per heavy atom. The van der Waals surface area contributed by atoms with Gasteiger partial charge in [-0.15, -0.1) is 15.0 Å².